The number of carbonyl (C=O) groups excluding carboxylic acids is 3. The van der Waals surface area contributed by atoms with Gasteiger partial charge in [-0.2, -0.15) is 13.2 Å². The van der Waals surface area contributed by atoms with Crippen molar-refractivity contribution in [2.75, 3.05) is 6.61 Å². The van der Waals surface area contributed by atoms with Crippen LogP contribution in [0.5, 0.6) is 0 Å². The lowest BCUT2D eigenvalue weighted by Gasteiger charge is -2.09. The molecule has 0 aromatic heterocycles. The number of carbonyl (C=O) groups is 3. The van der Waals surface area contributed by atoms with E-state index in [0.29, 0.717) is 0 Å². The third kappa shape index (κ3) is 6.58. The summed E-state index contributed by atoms with van der Waals surface area (Å²) in [5, 5.41) is 10.7. The van der Waals surface area contributed by atoms with E-state index in [0.717, 1.165) is 24.3 Å². The zero-order chi connectivity index (χ0) is 22.3. The number of hydrogen-bond acceptors (Lipinski definition) is 6. The van der Waals surface area contributed by atoms with Gasteiger partial charge in [0.25, 0.3) is 17.5 Å². The van der Waals surface area contributed by atoms with E-state index in [1.807, 2.05) is 10.9 Å². The van der Waals surface area contributed by atoms with Crippen molar-refractivity contribution in [2.45, 2.75) is 12.6 Å². The second-order valence-electron chi connectivity index (χ2n) is 5.85. The summed E-state index contributed by atoms with van der Waals surface area (Å²) in [5.41, 5.74) is 2.64. The van der Waals surface area contributed by atoms with Gasteiger partial charge in [-0.25, -0.2) is 0 Å². The molecule has 2 aromatic carbocycles. The molecule has 0 aliphatic rings. The number of hydrogen-bond donors (Lipinski definition) is 2. The molecule has 0 bridgehead atoms. The number of ether oxygens (including phenoxy) is 1. The van der Waals surface area contributed by atoms with E-state index >= 15 is 0 Å². The van der Waals surface area contributed by atoms with Crippen LogP contribution in [-0.2, 0) is 26.9 Å². The molecule has 0 unspecified atom stereocenters. The maximum Gasteiger partial charge on any atom is 0.416 e. The van der Waals surface area contributed by atoms with Crippen LogP contribution in [0.3, 0.4) is 0 Å². The predicted octanol–water partition coefficient (Wildman–Crippen LogP) is 2.16. The summed E-state index contributed by atoms with van der Waals surface area (Å²) in [6, 6.07) is 8.83. The first-order chi connectivity index (χ1) is 14.1. The molecule has 0 saturated carbocycles. The van der Waals surface area contributed by atoms with Crippen LogP contribution < -0.4 is 10.9 Å². The van der Waals surface area contributed by atoms with E-state index in [1.165, 1.54) is 24.3 Å². The van der Waals surface area contributed by atoms with Crippen molar-refractivity contribution in [2.24, 2.45) is 0 Å². The molecule has 0 atom stereocenters. The lowest BCUT2D eigenvalue weighted by molar-refractivity contribution is -0.384. The molecule has 0 saturated heterocycles. The Morgan fingerprint density at radius 2 is 1.73 bits per heavy atom. The van der Waals surface area contributed by atoms with Gasteiger partial charge in [0.15, 0.2) is 6.61 Å². The lowest BCUT2D eigenvalue weighted by atomic mass is 10.1. The van der Waals surface area contributed by atoms with Crippen molar-refractivity contribution in [3.05, 3.63) is 75.3 Å². The number of nitrogens with one attached hydrogen (secondary N) is 2. The molecular formula is C18H14F3N3O6. The Morgan fingerprint density at radius 1 is 1.03 bits per heavy atom. The van der Waals surface area contributed by atoms with Crippen molar-refractivity contribution in [1.82, 2.24) is 10.9 Å². The summed E-state index contributed by atoms with van der Waals surface area (Å²) < 4.78 is 42.6. The molecule has 158 valence electrons. The number of esters is 1. The molecule has 0 aliphatic carbocycles. The molecule has 2 aromatic rings. The number of alkyl halides is 3. The van der Waals surface area contributed by atoms with E-state index in [-0.39, 0.29) is 16.8 Å². The fraction of sp³-hybridized carbons (Fsp3) is 0.167. The van der Waals surface area contributed by atoms with E-state index in [1.54, 1.807) is 0 Å². The van der Waals surface area contributed by atoms with Crippen LogP contribution in [0, 0.1) is 10.1 Å². The van der Waals surface area contributed by atoms with E-state index in [2.05, 4.69) is 4.74 Å². The second kappa shape index (κ2) is 9.49. The number of nitrogens with zero attached hydrogens (tertiary/aromatic N) is 1. The Bertz CT molecular complexity index is 978. The Balaban J connectivity index is 1.80. The largest absolute Gasteiger partial charge is 0.455 e. The first-order valence-corrected chi connectivity index (χ1v) is 8.21. The average Bonchev–Trinajstić information content (AvgIpc) is 2.70. The van der Waals surface area contributed by atoms with Gasteiger partial charge in [-0.05, 0) is 17.7 Å². The monoisotopic (exact) mass is 425 g/mol. The van der Waals surface area contributed by atoms with Gasteiger partial charge in [-0.1, -0.05) is 24.3 Å². The maximum atomic E-state index is 12.7. The minimum atomic E-state index is -4.56. The quantitative estimate of drug-likeness (QED) is 0.415. The Kier molecular flexibility index (Phi) is 7.07. The van der Waals surface area contributed by atoms with Crippen LogP contribution in [0.15, 0.2) is 48.5 Å². The molecule has 0 spiro atoms. The first-order valence-electron chi connectivity index (χ1n) is 8.21. The smallest absolute Gasteiger partial charge is 0.416 e. The lowest BCUT2D eigenvalue weighted by Crippen LogP contribution is -2.43. The molecule has 2 amide bonds. The number of nitro benzene ring substituents is 1. The molecule has 30 heavy (non-hydrogen) atoms. The summed E-state index contributed by atoms with van der Waals surface area (Å²) in [5.74, 6) is -2.72. The van der Waals surface area contributed by atoms with Gasteiger partial charge in [0.2, 0.25) is 0 Å². The molecule has 9 nitrogen and oxygen atoms in total. The second-order valence-corrected chi connectivity index (χ2v) is 5.85. The van der Waals surface area contributed by atoms with E-state index in [4.69, 9.17) is 0 Å². The zero-order valence-electron chi connectivity index (χ0n) is 15.1. The number of amides is 2. The first kappa shape index (κ1) is 22.3. The van der Waals surface area contributed by atoms with Crippen LogP contribution in [-0.4, -0.2) is 29.3 Å². The summed E-state index contributed by atoms with van der Waals surface area (Å²) in [6.45, 7) is -0.799. The highest BCUT2D eigenvalue weighted by Gasteiger charge is 2.30. The summed E-state index contributed by atoms with van der Waals surface area (Å²) >= 11 is 0. The van der Waals surface area contributed by atoms with Crippen molar-refractivity contribution in [3.8, 4) is 0 Å². The third-order valence-electron chi connectivity index (χ3n) is 3.60. The Morgan fingerprint density at radius 3 is 2.40 bits per heavy atom. The summed E-state index contributed by atoms with van der Waals surface area (Å²) in [4.78, 5) is 45.2. The molecule has 0 fully saturated rings. The van der Waals surface area contributed by atoms with Crippen LogP contribution in [0.1, 0.15) is 21.5 Å². The fourth-order valence-electron chi connectivity index (χ4n) is 2.22. The Labute approximate surface area is 166 Å². The summed E-state index contributed by atoms with van der Waals surface area (Å²) in [7, 11) is 0. The van der Waals surface area contributed by atoms with Crippen molar-refractivity contribution < 1.29 is 37.2 Å². The van der Waals surface area contributed by atoms with E-state index < -0.39 is 47.5 Å². The van der Waals surface area contributed by atoms with E-state index in [9.17, 15) is 37.7 Å². The van der Waals surface area contributed by atoms with Crippen LogP contribution in [0.25, 0.3) is 0 Å². The van der Waals surface area contributed by atoms with Gasteiger partial charge in [0, 0.05) is 17.7 Å². The van der Waals surface area contributed by atoms with Gasteiger partial charge < -0.3 is 4.74 Å². The number of non-ortho nitro benzene ring substituents is 1. The Hall–Kier alpha value is -3.96. The average molecular weight is 425 g/mol. The van der Waals surface area contributed by atoms with Crippen molar-refractivity contribution in [1.29, 1.82) is 0 Å². The van der Waals surface area contributed by atoms with Crippen LogP contribution in [0.4, 0.5) is 18.9 Å². The molecule has 2 N–H and O–H groups in total. The summed E-state index contributed by atoms with van der Waals surface area (Å²) in [6.07, 6.45) is -5.05. The minimum Gasteiger partial charge on any atom is -0.455 e. The standard InChI is InChI=1S/C18H14F3N3O6/c19-18(20,21)13-5-1-3-11(7-13)8-16(26)30-10-15(25)22-23-17(27)12-4-2-6-14(9-12)24(28)29/h1-7,9H,8,10H2,(H,22,25)(H,23,27). The SMILES string of the molecule is O=C(COC(=O)Cc1cccc(C(F)(F)F)c1)NNC(=O)c1cccc([N+](=O)[O-])c1. The van der Waals surface area contributed by atoms with Gasteiger partial charge in [-0.15, -0.1) is 0 Å². The van der Waals surface area contributed by atoms with Gasteiger partial charge in [-0.3, -0.25) is 35.3 Å². The highest BCUT2D eigenvalue weighted by atomic mass is 19.4. The molecular weight excluding hydrogens is 411 g/mol. The normalized spacial score (nSPS) is 10.8. The number of nitro groups is 1. The zero-order valence-corrected chi connectivity index (χ0v) is 15.1. The molecule has 2 rings (SSSR count). The maximum absolute atomic E-state index is 12.7. The minimum absolute atomic E-state index is 0.0502. The van der Waals surface area contributed by atoms with Crippen molar-refractivity contribution >= 4 is 23.5 Å². The molecule has 0 radical (unpaired) electrons. The number of benzene rings is 2. The topological polar surface area (TPSA) is 128 Å². The van der Waals surface area contributed by atoms with Gasteiger partial charge in [0.1, 0.15) is 0 Å². The predicted molar refractivity (Wildman–Crippen MR) is 94.8 cm³/mol. The van der Waals surface area contributed by atoms with Crippen molar-refractivity contribution in [3.63, 3.8) is 0 Å². The molecule has 0 heterocycles. The number of rotatable bonds is 6. The molecule has 12 heteroatoms. The number of hydrazine groups is 1. The highest BCUT2D eigenvalue weighted by molar-refractivity contribution is 5.96. The molecule has 0 aliphatic heterocycles. The third-order valence-corrected chi connectivity index (χ3v) is 3.60. The fourth-order valence-corrected chi connectivity index (χ4v) is 2.22. The van der Waals surface area contributed by atoms with Crippen LogP contribution >= 0.6 is 0 Å². The van der Waals surface area contributed by atoms with Crippen LogP contribution in [0.2, 0.25) is 0 Å². The highest BCUT2D eigenvalue weighted by Crippen LogP contribution is 2.29. The number of halogens is 3. The van der Waals surface area contributed by atoms with Gasteiger partial charge in [0.05, 0.1) is 16.9 Å². The van der Waals surface area contributed by atoms with Gasteiger partial charge >= 0.3 is 12.1 Å².